The standard InChI is InChI=1S/C19H22N2O6S/c1-4-14-9-8-10-15(5-2)18(14)20(13(3)19(22)23)28(26,27)17-12-7-6-11-16(17)21(24)25/h6-13H,4-5H2,1-3H3,(H,22,23). The fourth-order valence-corrected chi connectivity index (χ4v) is 4.90. The fraction of sp³-hybridized carbons (Fsp3) is 0.316. The Balaban J connectivity index is 2.88. The summed E-state index contributed by atoms with van der Waals surface area (Å²) in [5.41, 5.74) is 0.960. The number of benzene rings is 2. The molecule has 1 unspecified atom stereocenters. The highest BCUT2D eigenvalue weighted by Crippen LogP contribution is 2.36. The first-order chi connectivity index (χ1) is 13.2. The molecule has 8 nitrogen and oxygen atoms in total. The van der Waals surface area contributed by atoms with E-state index >= 15 is 0 Å². The van der Waals surface area contributed by atoms with Crippen LogP contribution in [0.5, 0.6) is 0 Å². The van der Waals surface area contributed by atoms with E-state index in [-0.39, 0.29) is 5.69 Å². The zero-order valence-corrected chi connectivity index (χ0v) is 16.6. The summed E-state index contributed by atoms with van der Waals surface area (Å²) >= 11 is 0. The van der Waals surface area contributed by atoms with Crippen molar-refractivity contribution < 1.29 is 23.2 Å². The first-order valence-corrected chi connectivity index (χ1v) is 10.2. The Kier molecular flexibility index (Phi) is 6.40. The maximum absolute atomic E-state index is 13.5. The molecule has 0 aromatic heterocycles. The molecule has 9 heteroatoms. The van der Waals surface area contributed by atoms with Crippen molar-refractivity contribution >= 4 is 27.4 Å². The van der Waals surface area contributed by atoms with Crippen LogP contribution in [0.3, 0.4) is 0 Å². The van der Waals surface area contributed by atoms with E-state index < -0.39 is 37.5 Å². The Morgan fingerprint density at radius 2 is 1.64 bits per heavy atom. The van der Waals surface area contributed by atoms with Crippen molar-refractivity contribution in [3.05, 3.63) is 63.7 Å². The molecule has 0 saturated carbocycles. The molecule has 2 rings (SSSR count). The lowest BCUT2D eigenvalue weighted by Gasteiger charge is -2.31. The summed E-state index contributed by atoms with van der Waals surface area (Å²) in [4.78, 5) is 21.8. The Labute approximate surface area is 163 Å². The summed E-state index contributed by atoms with van der Waals surface area (Å²) in [5, 5.41) is 21.0. The van der Waals surface area contributed by atoms with E-state index in [2.05, 4.69) is 0 Å². The second kappa shape index (κ2) is 8.39. The SMILES string of the molecule is CCc1cccc(CC)c1N(C(C)C(=O)O)S(=O)(=O)c1ccccc1[N+](=O)[O-]. The van der Waals surface area contributed by atoms with Crippen LogP contribution in [-0.2, 0) is 27.7 Å². The molecule has 0 amide bonds. The number of anilines is 1. The van der Waals surface area contributed by atoms with Crippen LogP contribution in [0.4, 0.5) is 11.4 Å². The summed E-state index contributed by atoms with van der Waals surface area (Å²) in [6.45, 7) is 4.92. The molecule has 2 aromatic carbocycles. The average Bonchev–Trinajstić information content (AvgIpc) is 2.67. The zero-order chi connectivity index (χ0) is 21.1. The molecule has 150 valence electrons. The number of aryl methyl sites for hydroxylation is 2. The van der Waals surface area contributed by atoms with Crippen LogP contribution in [0.1, 0.15) is 31.9 Å². The third kappa shape index (κ3) is 3.84. The van der Waals surface area contributed by atoms with Crippen molar-refractivity contribution in [3.8, 4) is 0 Å². The summed E-state index contributed by atoms with van der Waals surface area (Å²) < 4.78 is 27.8. The number of aliphatic carboxylic acids is 1. The zero-order valence-electron chi connectivity index (χ0n) is 15.8. The molecule has 0 aliphatic rings. The first-order valence-electron chi connectivity index (χ1n) is 8.78. The van der Waals surface area contributed by atoms with Gasteiger partial charge in [0.2, 0.25) is 0 Å². The van der Waals surface area contributed by atoms with E-state index in [0.29, 0.717) is 24.0 Å². The van der Waals surface area contributed by atoms with Gasteiger partial charge in [0.15, 0.2) is 4.90 Å². The van der Waals surface area contributed by atoms with Gasteiger partial charge in [0.1, 0.15) is 6.04 Å². The van der Waals surface area contributed by atoms with Crippen LogP contribution in [-0.4, -0.2) is 30.5 Å². The van der Waals surface area contributed by atoms with Crippen LogP contribution >= 0.6 is 0 Å². The Bertz CT molecular complexity index is 981. The predicted molar refractivity (Wildman–Crippen MR) is 105 cm³/mol. The number of nitro groups is 1. The second-order valence-electron chi connectivity index (χ2n) is 6.17. The Morgan fingerprint density at radius 3 is 2.11 bits per heavy atom. The smallest absolute Gasteiger partial charge is 0.327 e. The number of sulfonamides is 1. The van der Waals surface area contributed by atoms with E-state index in [1.165, 1.54) is 19.1 Å². The maximum Gasteiger partial charge on any atom is 0.327 e. The van der Waals surface area contributed by atoms with E-state index in [9.17, 15) is 28.4 Å². The Morgan fingerprint density at radius 1 is 1.11 bits per heavy atom. The van der Waals surface area contributed by atoms with E-state index in [1.54, 1.807) is 18.2 Å². The summed E-state index contributed by atoms with van der Waals surface area (Å²) in [7, 11) is -4.53. The van der Waals surface area contributed by atoms with Crippen LogP contribution in [0.15, 0.2) is 47.4 Å². The van der Waals surface area contributed by atoms with Crippen LogP contribution in [0.2, 0.25) is 0 Å². The molecule has 2 aromatic rings. The predicted octanol–water partition coefficient (Wildman–Crippen LogP) is 3.39. The average molecular weight is 406 g/mol. The number of nitrogens with zero attached hydrogens (tertiary/aromatic N) is 2. The molecule has 1 atom stereocenters. The molecule has 0 saturated heterocycles. The summed E-state index contributed by atoms with van der Waals surface area (Å²) in [6.07, 6.45) is 0.941. The monoisotopic (exact) mass is 406 g/mol. The molecule has 0 spiro atoms. The van der Waals surface area contributed by atoms with Crippen LogP contribution < -0.4 is 4.31 Å². The van der Waals surface area contributed by atoms with Crippen molar-refractivity contribution in [2.24, 2.45) is 0 Å². The van der Waals surface area contributed by atoms with Crippen molar-refractivity contribution in [2.45, 2.75) is 44.6 Å². The molecule has 0 radical (unpaired) electrons. The Hall–Kier alpha value is -2.94. The summed E-state index contributed by atoms with van der Waals surface area (Å²) in [6, 6.07) is 8.72. The number of nitro benzene ring substituents is 1. The normalized spacial score (nSPS) is 12.4. The third-order valence-corrected chi connectivity index (χ3v) is 6.41. The van der Waals surface area contributed by atoms with Crippen LogP contribution in [0, 0.1) is 10.1 Å². The number of para-hydroxylation sites is 2. The minimum absolute atomic E-state index is 0.264. The van der Waals surface area contributed by atoms with Crippen molar-refractivity contribution in [2.75, 3.05) is 4.31 Å². The van der Waals surface area contributed by atoms with Gasteiger partial charge in [-0.25, -0.2) is 13.2 Å². The number of rotatable bonds is 8. The minimum Gasteiger partial charge on any atom is -0.480 e. The number of hydrogen-bond donors (Lipinski definition) is 1. The number of carboxylic acid groups (broad SMARTS) is 1. The van der Waals surface area contributed by atoms with Gasteiger partial charge in [-0.2, -0.15) is 0 Å². The first kappa shape index (κ1) is 21.4. The molecule has 28 heavy (non-hydrogen) atoms. The topological polar surface area (TPSA) is 118 Å². The second-order valence-corrected chi connectivity index (χ2v) is 7.96. The number of hydrogen-bond acceptors (Lipinski definition) is 5. The highest BCUT2D eigenvalue weighted by atomic mass is 32.2. The van der Waals surface area contributed by atoms with Gasteiger partial charge < -0.3 is 5.11 Å². The van der Waals surface area contributed by atoms with E-state index in [1.807, 2.05) is 13.8 Å². The molecule has 0 aliphatic carbocycles. The van der Waals surface area contributed by atoms with E-state index in [0.717, 1.165) is 16.4 Å². The lowest BCUT2D eigenvalue weighted by Crippen LogP contribution is -2.44. The van der Waals surface area contributed by atoms with Gasteiger partial charge in [-0.1, -0.05) is 44.2 Å². The molecule has 0 heterocycles. The molecular weight excluding hydrogens is 384 g/mol. The van der Waals surface area contributed by atoms with Gasteiger partial charge in [0.05, 0.1) is 10.6 Å². The minimum atomic E-state index is -4.53. The molecule has 1 N–H and O–H groups in total. The third-order valence-electron chi connectivity index (χ3n) is 4.49. The van der Waals surface area contributed by atoms with E-state index in [4.69, 9.17) is 0 Å². The van der Waals surface area contributed by atoms with Gasteiger partial charge in [-0.3, -0.25) is 14.4 Å². The lowest BCUT2D eigenvalue weighted by molar-refractivity contribution is -0.387. The van der Waals surface area contributed by atoms with Crippen molar-refractivity contribution in [1.82, 2.24) is 0 Å². The largest absolute Gasteiger partial charge is 0.480 e. The molecule has 0 fully saturated rings. The van der Waals surface area contributed by atoms with Gasteiger partial charge in [0.25, 0.3) is 15.7 Å². The fourth-order valence-electron chi connectivity index (χ4n) is 3.05. The number of carbonyl (C=O) groups is 1. The van der Waals surface area contributed by atoms with Crippen LogP contribution in [0.25, 0.3) is 0 Å². The lowest BCUT2D eigenvalue weighted by atomic mass is 10.0. The van der Waals surface area contributed by atoms with Gasteiger partial charge in [0, 0.05) is 6.07 Å². The quantitative estimate of drug-likeness (QED) is 0.530. The highest BCUT2D eigenvalue weighted by Gasteiger charge is 2.39. The van der Waals surface area contributed by atoms with Gasteiger partial charge >= 0.3 is 5.97 Å². The van der Waals surface area contributed by atoms with Crippen molar-refractivity contribution in [1.29, 1.82) is 0 Å². The highest BCUT2D eigenvalue weighted by molar-refractivity contribution is 7.93. The number of carboxylic acids is 1. The molecule has 0 aliphatic heterocycles. The van der Waals surface area contributed by atoms with Gasteiger partial charge in [-0.15, -0.1) is 0 Å². The van der Waals surface area contributed by atoms with Crippen molar-refractivity contribution in [3.63, 3.8) is 0 Å². The maximum atomic E-state index is 13.5. The molecule has 0 bridgehead atoms. The summed E-state index contributed by atoms with van der Waals surface area (Å²) in [5.74, 6) is -1.35. The van der Waals surface area contributed by atoms with Gasteiger partial charge in [-0.05, 0) is 37.0 Å². The molecular formula is C19H22N2O6S.